The van der Waals surface area contributed by atoms with Crippen molar-refractivity contribution >= 4 is 11.9 Å². The Hall–Kier alpha value is -3.41. The number of hydrogen-bond acceptors (Lipinski definition) is 5. The number of amides is 1. The van der Waals surface area contributed by atoms with E-state index in [1.54, 1.807) is 31.2 Å². The molecular weight excluding hydrogens is 368 g/mol. The van der Waals surface area contributed by atoms with E-state index in [0.717, 1.165) is 12.8 Å². The van der Waals surface area contributed by atoms with Gasteiger partial charge in [0.15, 0.2) is 17.8 Å². The first-order chi connectivity index (χ1) is 14.1. The van der Waals surface area contributed by atoms with E-state index < -0.39 is 5.97 Å². The number of nitrogens with zero attached hydrogens (tertiary/aromatic N) is 1. The molecule has 1 amide bonds. The first-order valence-electron chi connectivity index (χ1n) is 9.65. The lowest BCUT2D eigenvalue weighted by atomic mass is 10.0. The maximum atomic E-state index is 12.9. The Morgan fingerprint density at radius 3 is 2.59 bits per heavy atom. The summed E-state index contributed by atoms with van der Waals surface area (Å²) in [6, 6.07) is 17.1. The first-order valence-corrected chi connectivity index (χ1v) is 9.65. The zero-order valence-corrected chi connectivity index (χ0v) is 16.6. The summed E-state index contributed by atoms with van der Waals surface area (Å²) in [4.78, 5) is 29.0. The van der Waals surface area contributed by atoms with Crippen molar-refractivity contribution in [1.29, 1.82) is 0 Å². The highest BCUT2D eigenvalue weighted by Gasteiger charge is 2.23. The van der Waals surface area contributed by atoms with E-state index in [1.165, 1.54) is 12.0 Å². The molecule has 1 atom stereocenters. The number of oxazole rings is 1. The highest BCUT2D eigenvalue weighted by atomic mass is 16.5. The van der Waals surface area contributed by atoms with Crippen molar-refractivity contribution in [3.63, 3.8) is 0 Å². The summed E-state index contributed by atoms with van der Waals surface area (Å²) in [6.45, 7) is 3.92. The summed E-state index contributed by atoms with van der Waals surface area (Å²) in [5.41, 5.74) is 2.21. The molecule has 3 rings (SSSR count). The molecule has 3 aromatic rings. The van der Waals surface area contributed by atoms with E-state index in [-0.39, 0.29) is 30.0 Å². The van der Waals surface area contributed by atoms with Gasteiger partial charge in [0.05, 0.1) is 12.2 Å². The van der Waals surface area contributed by atoms with E-state index in [0.29, 0.717) is 11.1 Å². The molecule has 0 bridgehead atoms. The van der Waals surface area contributed by atoms with Crippen LogP contribution in [-0.4, -0.2) is 29.5 Å². The van der Waals surface area contributed by atoms with E-state index in [9.17, 15) is 9.59 Å². The molecule has 6 nitrogen and oxygen atoms in total. The minimum atomic E-state index is -0.581. The van der Waals surface area contributed by atoms with Crippen molar-refractivity contribution in [2.75, 3.05) is 6.61 Å². The Bertz CT molecular complexity index is 966. The van der Waals surface area contributed by atoms with Gasteiger partial charge in [-0.3, -0.25) is 4.79 Å². The Kier molecular flexibility index (Phi) is 6.79. The molecule has 0 saturated carbocycles. The minimum Gasteiger partial charge on any atom is -0.461 e. The molecule has 0 aliphatic rings. The van der Waals surface area contributed by atoms with Gasteiger partial charge < -0.3 is 14.5 Å². The number of nitrogens with one attached hydrogen (secondary N) is 1. The topological polar surface area (TPSA) is 81.4 Å². The van der Waals surface area contributed by atoms with Crippen LogP contribution in [0.15, 0.2) is 65.4 Å². The molecule has 0 saturated heterocycles. The largest absolute Gasteiger partial charge is 0.461 e. The zero-order valence-electron chi connectivity index (χ0n) is 16.6. The Morgan fingerprint density at radius 1 is 1.10 bits per heavy atom. The Labute approximate surface area is 169 Å². The summed E-state index contributed by atoms with van der Waals surface area (Å²) in [7, 11) is 0. The highest BCUT2D eigenvalue weighted by molar-refractivity contribution is 6.03. The van der Waals surface area contributed by atoms with Crippen LogP contribution in [0, 0.1) is 0 Å². The molecule has 150 valence electrons. The molecule has 0 unspecified atom stereocenters. The summed E-state index contributed by atoms with van der Waals surface area (Å²) in [5.74, 6) is -0.582. The molecule has 1 heterocycles. The quantitative estimate of drug-likeness (QED) is 0.579. The molecule has 0 fully saturated rings. The van der Waals surface area contributed by atoms with Crippen molar-refractivity contribution in [2.24, 2.45) is 0 Å². The van der Waals surface area contributed by atoms with Crippen molar-refractivity contribution in [3.05, 3.63) is 77.8 Å². The van der Waals surface area contributed by atoms with Gasteiger partial charge in [-0.2, -0.15) is 0 Å². The van der Waals surface area contributed by atoms with Crippen LogP contribution in [-0.2, 0) is 11.2 Å². The highest BCUT2D eigenvalue weighted by Crippen LogP contribution is 2.27. The number of carbonyl (C=O) groups excluding carboxylic acids is 2. The average Bonchev–Trinajstić information content (AvgIpc) is 3.23. The summed E-state index contributed by atoms with van der Waals surface area (Å²) >= 11 is 0. The third-order valence-corrected chi connectivity index (χ3v) is 4.54. The van der Waals surface area contributed by atoms with Gasteiger partial charge in [-0.15, -0.1) is 0 Å². The lowest BCUT2D eigenvalue weighted by molar-refractivity contribution is 0.0520. The molecule has 0 radical (unpaired) electrons. The summed E-state index contributed by atoms with van der Waals surface area (Å²) in [5, 5.41) is 3.03. The van der Waals surface area contributed by atoms with Crippen LogP contribution < -0.4 is 5.32 Å². The number of rotatable bonds is 8. The van der Waals surface area contributed by atoms with Crippen LogP contribution in [0.3, 0.4) is 0 Å². The van der Waals surface area contributed by atoms with E-state index in [2.05, 4.69) is 22.4 Å². The van der Waals surface area contributed by atoms with Gasteiger partial charge >= 0.3 is 5.97 Å². The predicted octanol–water partition coefficient (Wildman–Crippen LogP) is 4.27. The Balaban J connectivity index is 1.74. The van der Waals surface area contributed by atoms with Crippen molar-refractivity contribution < 1.29 is 18.7 Å². The normalized spacial score (nSPS) is 11.7. The maximum Gasteiger partial charge on any atom is 0.360 e. The molecule has 0 spiro atoms. The number of ether oxygens (including phenoxy) is 1. The van der Waals surface area contributed by atoms with E-state index >= 15 is 0 Å². The van der Waals surface area contributed by atoms with Crippen LogP contribution in [0.4, 0.5) is 0 Å². The number of carbonyl (C=O) groups is 2. The number of esters is 1. The van der Waals surface area contributed by atoms with E-state index in [1.807, 2.05) is 25.1 Å². The summed E-state index contributed by atoms with van der Waals surface area (Å²) in [6.07, 6.45) is 2.87. The standard InChI is InChI=1S/C23H24N2O4/c1-3-28-23(27)20-21(29-15-24-20)18-11-7-8-12-19(18)22(26)25-16(2)13-14-17-9-5-4-6-10-17/h4-12,15-16H,3,13-14H2,1-2H3,(H,25,26)/t16-/m0/s1. The number of aryl methyl sites for hydroxylation is 1. The SMILES string of the molecule is CCOC(=O)c1ncoc1-c1ccccc1C(=O)N[C@@H](C)CCc1ccccc1. The lowest BCUT2D eigenvalue weighted by Crippen LogP contribution is -2.33. The first kappa shape index (κ1) is 20.3. The van der Waals surface area contributed by atoms with Crippen molar-refractivity contribution in [2.45, 2.75) is 32.7 Å². The van der Waals surface area contributed by atoms with Gasteiger partial charge in [-0.25, -0.2) is 9.78 Å². The molecule has 29 heavy (non-hydrogen) atoms. The fourth-order valence-electron chi connectivity index (χ4n) is 3.06. The fourth-order valence-corrected chi connectivity index (χ4v) is 3.06. The third-order valence-electron chi connectivity index (χ3n) is 4.54. The van der Waals surface area contributed by atoms with Crippen molar-refractivity contribution in [1.82, 2.24) is 10.3 Å². The number of aromatic nitrogens is 1. The predicted molar refractivity (Wildman–Crippen MR) is 110 cm³/mol. The van der Waals surface area contributed by atoms with Gasteiger partial charge in [-0.1, -0.05) is 48.5 Å². The van der Waals surface area contributed by atoms with Crippen LogP contribution in [0.5, 0.6) is 0 Å². The van der Waals surface area contributed by atoms with Gasteiger partial charge in [0.2, 0.25) is 0 Å². The van der Waals surface area contributed by atoms with E-state index in [4.69, 9.17) is 9.15 Å². The van der Waals surface area contributed by atoms with Gasteiger partial charge in [0.1, 0.15) is 0 Å². The summed E-state index contributed by atoms with van der Waals surface area (Å²) < 4.78 is 10.5. The lowest BCUT2D eigenvalue weighted by Gasteiger charge is -2.15. The Morgan fingerprint density at radius 2 is 1.83 bits per heavy atom. The molecular formula is C23H24N2O4. The minimum absolute atomic E-state index is 0.0185. The van der Waals surface area contributed by atoms with Gasteiger partial charge in [0.25, 0.3) is 5.91 Å². The van der Waals surface area contributed by atoms with Crippen LogP contribution in [0.2, 0.25) is 0 Å². The number of benzene rings is 2. The smallest absolute Gasteiger partial charge is 0.360 e. The van der Waals surface area contributed by atoms with Crippen LogP contribution in [0.25, 0.3) is 11.3 Å². The van der Waals surface area contributed by atoms with Crippen molar-refractivity contribution in [3.8, 4) is 11.3 Å². The fraction of sp³-hybridized carbons (Fsp3) is 0.261. The zero-order chi connectivity index (χ0) is 20.6. The average molecular weight is 392 g/mol. The van der Waals surface area contributed by atoms with Gasteiger partial charge in [-0.05, 0) is 38.3 Å². The van der Waals surface area contributed by atoms with Crippen LogP contribution >= 0.6 is 0 Å². The molecule has 1 aromatic heterocycles. The maximum absolute atomic E-state index is 12.9. The molecule has 0 aliphatic heterocycles. The molecule has 6 heteroatoms. The second-order valence-electron chi connectivity index (χ2n) is 6.69. The second-order valence-corrected chi connectivity index (χ2v) is 6.69. The molecule has 0 aliphatic carbocycles. The second kappa shape index (κ2) is 9.68. The molecule has 2 aromatic carbocycles. The monoisotopic (exact) mass is 392 g/mol. The molecule has 1 N–H and O–H groups in total. The third kappa shape index (κ3) is 5.10. The number of hydrogen-bond donors (Lipinski definition) is 1. The van der Waals surface area contributed by atoms with Crippen LogP contribution in [0.1, 0.15) is 46.7 Å². The van der Waals surface area contributed by atoms with Gasteiger partial charge in [0, 0.05) is 11.6 Å².